The van der Waals surface area contributed by atoms with Gasteiger partial charge in [-0.15, -0.1) is 0 Å². The summed E-state index contributed by atoms with van der Waals surface area (Å²) in [5.74, 6) is -0.197. The highest BCUT2D eigenvalue weighted by Crippen LogP contribution is 2.49. The molecule has 3 aromatic carbocycles. The maximum atomic E-state index is 12.9. The zero-order valence-electron chi connectivity index (χ0n) is 21.9. The molecule has 0 saturated carbocycles. The number of carbonyl (C=O) groups excluding carboxylic acids is 1. The first kappa shape index (κ1) is 30.3. The van der Waals surface area contributed by atoms with E-state index < -0.39 is 53.4 Å². The van der Waals surface area contributed by atoms with Crippen molar-refractivity contribution in [2.75, 3.05) is 33.8 Å². The van der Waals surface area contributed by atoms with Crippen molar-refractivity contribution in [2.45, 2.75) is 4.90 Å². The molecular weight excluding hydrogens is 566 g/mol. The molecule has 0 atom stereocenters. The zero-order chi connectivity index (χ0) is 30.5. The van der Waals surface area contributed by atoms with Crippen molar-refractivity contribution in [1.82, 2.24) is 0 Å². The van der Waals surface area contributed by atoms with Crippen LogP contribution in [0.2, 0.25) is 0 Å². The maximum Gasteiger partial charge on any atom is 0.307 e. The van der Waals surface area contributed by atoms with Crippen LogP contribution in [0.1, 0.15) is 5.56 Å². The van der Waals surface area contributed by atoms with Crippen LogP contribution in [-0.4, -0.2) is 57.2 Å². The third-order valence-corrected chi connectivity index (χ3v) is 6.54. The van der Waals surface area contributed by atoms with Gasteiger partial charge in [-0.1, -0.05) is 18.2 Å². The lowest BCUT2D eigenvalue weighted by atomic mass is 9.99. The number of nitrogens with zero attached hydrogens (tertiary/aromatic N) is 2. The Morgan fingerprint density at radius 3 is 1.93 bits per heavy atom. The van der Waals surface area contributed by atoms with Gasteiger partial charge < -0.3 is 24.3 Å². The minimum absolute atomic E-state index is 0.0814. The molecule has 0 bridgehead atoms. The number of nitro groups is 2. The smallest absolute Gasteiger partial charge is 0.307 e. The monoisotopic (exact) mass is 589 g/mol. The van der Waals surface area contributed by atoms with Gasteiger partial charge in [-0.05, 0) is 18.2 Å². The molecule has 0 unspecified atom stereocenters. The first-order chi connectivity index (χ1) is 19.4. The van der Waals surface area contributed by atoms with E-state index in [4.69, 9.17) is 18.9 Å². The molecular formula is C25H23N3O12S. The number of methoxy groups -OCH3 is 4. The number of carbonyl (C=O) groups is 1. The van der Waals surface area contributed by atoms with E-state index in [-0.39, 0.29) is 28.4 Å². The molecule has 0 heterocycles. The summed E-state index contributed by atoms with van der Waals surface area (Å²) in [6.07, 6.45) is 2.20. The van der Waals surface area contributed by atoms with Crippen LogP contribution in [0.15, 0.2) is 53.4 Å². The summed E-state index contributed by atoms with van der Waals surface area (Å²) < 4.78 is 55.2. The van der Waals surface area contributed by atoms with Crippen LogP contribution in [-0.2, 0) is 14.9 Å². The number of hydrogen-bond acceptors (Lipinski definition) is 11. The van der Waals surface area contributed by atoms with Crippen LogP contribution in [0.25, 0.3) is 17.2 Å². The predicted molar refractivity (Wildman–Crippen MR) is 145 cm³/mol. The molecule has 15 nitrogen and oxygen atoms in total. The van der Waals surface area contributed by atoms with Crippen LogP contribution >= 0.6 is 0 Å². The number of nitrogens with one attached hydrogen (secondary N) is 1. The van der Waals surface area contributed by atoms with E-state index in [0.29, 0.717) is 11.8 Å². The quantitative estimate of drug-likeness (QED) is 0.140. The molecule has 16 heteroatoms. The van der Waals surface area contributed by atoms with Crippen LogP contribution in [0.3, 0.4) is 0 Å². The second kappa shape index (κ2) is 12.3. The third-order valence-electron chi connectivity index (χ3n) is 5.67. The van der Waals surface area contributed by atoms with Crippen molar-refractivity contribution in [3.63, 3.8) is 0 Å². The molecule has 3 rings (SSSR count). The van der Waals surface area contributed by atoms with Gasteiger partial charge in [0.25, 0.3) is 0 Å². The van der Waals surface area contributed by atoms with Crippen molar-refractivity contribution in [3.05, 3.63) is 74.3 Å². The number of amides is 1. The number of anilines is 1. The zero-order valence-corrected chi connectivity index (χ0v) is 22.8. The van der Waals surface area contributed by atoms with Gasteiger partial charge in [-0.25, -0.2) is 0 Å². The van der Waals surface area contributed by atoms with Gasteiger partial charge in [0.2, 0.25) is 5.91 Å². The molecule has 0 saturated heterocycles. The SMILES string of the molecule is COc1cc(OC)c(C=CC(=O)Nc2cc(S(=O)(=O)O)c([N+](=O)[O-])c(-c3ccccc3OC)c2[N+](=O)[O-])c(OC)c1. The largest absolute Gasteiger partial charge is 0.496 e. The van der Waals surface area contributed by atoms with Gasteiger partial charge >= 0.3 is 21.5 Å². The van der Waals surface area contributed by atoms with E-state index in [1.165, 1.54) is 70.9 Å². The lowest BCUT2D eigenvalue weighted by Crippen LogP contribution is -2.14. The minimum Gasteiger partial charge on any atom is -0.496 e. The number of hydrogen-bond donors (Lipinski definition) is 2. The molecule has 0 aromatic heterocycles. The Bertz CT molecular complexity index is 1640. The second-order valence-electron chi connectivity index (χ2n) is 7.95. The molecule has 0 aliphatic rings. The van der Waals surface area contributed by atoms with E-state index in [2.05, 4.69) is 5.32 Å². The van der Waals surface area contributed by atoms with Crippen molar-refractivity contribution >= 4 is 39.2 Å². The van der Waals surface area contributed by atoms with Gasteiger partial charge in [0.15, 0.2) is 4.90 Å². The topological polar surface area (TPSA) is 207 Å². The van der Waals surface area contributed by atoms with E-state index in [1.807, 2.05) is 0 Å². The van der Waals surface area contributed by atoms with Gasteiger partial charge in [0, 0.05) is 23.8 Å². The lowest BCUT2D eigenvalue weighted by molar-refractivity contribution is -0.394. The highest BCUT2D eigenvalue weighted by molar-refractivity contribution is 7.86. The molecule has 0 fully saturated rings. The molecule has 41 heavy (non-hydrogen) atoms. The summed E-state index contributed by atoms with van der Waals surface area (Å²) in [6.45, 7) is 0. The predicted octanol–water partition coefficient (Wildman–Crippen LogP) is 4.10. The average molecular weight is 590 g/mol. The van der Waals surface area contributed by atoms with Gasteiger partial charge in [-0.3, -0.25) is 29.6 Å². The number of nitro benzene ring substituents is 2. The lowest BCUT2D eigenvalue weighted by Gasteiger charge is -2.14. The molecule has 3 aromatic rings. The molecule has 0 aliphatic carbocycles. The van der Waals surface area contributed by atoms with E-state index in [9.17, 15) is 38.0 Å². The third kappa shape index (κ3) is 6.34. The summed E-state index contributed by atoms with van der Waals surface area (Å²) in [7, 11) is 0.0156. The summed E-state index contributed by atoms with van der Waals surface area (Å²) in [6, 6.07) is 8.86. The van der Waals surface area contributed by atoms with E-state index in [1.54, 1.807) is 0 Å². The Morgan fingerprint density at radius 1 is 0.878 bits per heavy atom. The fourth-order valence-corrected chi connectivity index (χ4v) is 4.62. The van der Waals surface area contributed by atoms with Crippen LogP contribution in [0, 0.1) is 20.2 Å². The van der Waals surface area contributed by atoms with Gasteiger partial charge in [-0.2, -0.15) is 8.42 Å². The Balaban J connectivity index is 2.27. The summed E-state index contributed by atoms with van der Waals surface area (Å²) >= 11 is 0. The molecule has 1 amide bonds. The van der Waals surface area contributed by atoms with Crippen LogP contribution < -0.4 is 24.3 Å². The summed E-state index contributed by atoms with van der Waals surface area (Å²) in [5, 5.41) is 26.5. The molecule has 0 radical (unpaired) electrons. The van der Waals surface area contributed by atoms with Gasteiger partial charge in [0.05, 0.1) is 43.8 Å². The number of rotatable bonds is 11. The second-order valence-corrected chi connectivity index (χ2v) is 9.34. The number of para-hydroxylation sites is 1. The summed E-state index contributed by atoms with van der Waals surface area (Å²) in [4.78, 5) is 33.7. The van der Waals surface area contributed by atoms with Crippen LogP contribution in [0.5, 0.6) is 23.0 Å². The Morgan fingerprint density at radius 2 is 1.44 bits per heavy atom. The first-order valence-corrected chi connectivity index (χ1v) is 12.7. The Hall–Kier alpha value is -5.22. The fourth-order valence-electron chi connectivity index (χ4n) is 3.94. The maximum absolute atomic E-state index is 12.9. The molecule has 0 aliphatic heterocycles. The Labute approximate surface area is 233 Å². The van der Waals surface area contributed by atoms with Crippen LogP contribution in [0.4, 0.5) is 17.1 Å². The van der Waals surface area contributed by atoms with Crippen molar-refractivity contribution < 1.29 is 46.6 Å². The van der Waals surface area contributed by atoms with Crippen molar-refractivity contribution in [1.29, 1.82) is 0 Å². The fraction of sp³-hybridized carbons (Fsp3) is 0.160. The molecule has 2 N–H and O–H groups in total. The standard InChI is InChI=1S/C25H23N3O12S/c1-37-14-11-19(39-3)15(20(12-14)40-4)9-10-22(29)26-17-13-21(41(34,35)36)25(28(32)33)23(24(17)27(30)31)16-7-5-6-8-18(16)38-2/h5-13H,1-4H3,(H,26,29)(H,34,35,36). The average Bonchev–Trinajstić information content (AvgIpc) is 2.93. The number of ether oxygens (including phenoxy) is 4. The summed E-state index contributed by atoms with van der Waals surface area (Å²) in [5.41, 5.74) is -3.82. The van der Waals surface area contributed by atoms with Gasteiger partial charge in [0.1, 0.15) is 34.2 Å². The number of benzene rings is 3. The highest BCUT2D eigenvalue weighted by atomic mass is 32.2. The van der Waals surface area contributed by atoms with Crippen molar-refractivity contribution in [2.24, 2.45) is 0 Å². The first-order valence-electron chi connectivity index (χ1n) is 11.3. The van der Waals surface area contributed by atoms with E-state index in [0.717, 1.165) is 6.08 Å². The highest BCUT2D eigenvalue weighted by Gasteiger charge is 2.39. The molecule has 216 valence electrons. The minimum atomic E-state index is -5.33. The Kier molecular flexibility index (Phi) is 9.10. The normalized spacial score (nSPS) is 11.1. The van der Waals surface area contributed by atoms with E-state index >= 15 is 0 Å². The molecule has 0 spiro atoms. The van der Waals surface area contributed by atoms with Crippen molar-refractivity contribution in [3.8, 4) is 34.1 Å².